The molecule has 0 saturated carbocycles. The third-order valence-corrected chi connectivity index (χ3v) is 3.26. The molecule has 0 heterocycles. The minimum Gasteiger partial charge on any atom is -0.391 e. The lowest BCUT2D eigenvalue weighted by Crippen LogP contribution is -2.26. The maximum Gasteiger partial charge on any atom is 0.142 e. The van der Waals surface area contributed by atoms with Gasteiger partial charge < -0.3 is 10.8 Å². The minimum atomic E-state index is -1.70. The minimum absolute atomic E-state index is 0.0471. The zero-order chi connectivity index (χ0) is 11.4. The predicted octanol–water partition coefficient (Wildman–Crippen LogP) is 0.392. The van der Waals surface area contributed by atoms with Crippen molar-refractivity contribution in [1.29, 1.82) is 0 Å². The average Bonchev–Trinajstić information content (AvgIpc) is 2.17. The quantitative estimate of drug-likeness (QED) is 0.793. The van der Waals surface area contributed by atoms with E-state index >= 15 is 0 Å². The first kappa shape index (κ1) is 12.2. The van der Waals surface area contributed by atoms with Crippen molar-refractivity contribution in [3.63, 3.8) is 0 Å². The maximum atomic E-state index is 13.1. The molecule has 0 saturated heterocycles. The first-order valence-corrected chi connectivity index (χ1v) is 5.58. The van der Waals surface area contributed by atoms with Gasteiger partial charge in [-0.1, -0.05) is 0 Å². The third-order valence-electron chi connectivity index (χ3n) is 1.76. The molecule has 0 aliphatic carbocycles. The predicted molar refractivity (Wildman–Crippen MR) is 52.7 cm³/mol. The van der Waals surface area contributed by atoms with Gasteiger partial charge in [-0.05, 0) is 12.1 Å². The van der Waals surface area contributed by atoms with Crippen LogP contribution in [0.4, 0.5) is 8.78 Å². The van der Waals surface area contributed by atoms with E-state index in [0.29, 0.717) is 6.07 Å². The van der Waals surface area contributed by atoms with Crippen LogP contribution in [-0.4, -0.2) is 27.7 Å². The van der Waals surface area contributed by atoms with E-state index in [2.05, 4.69) is 0 Å². The van der Waals surface area contributed by atoms with Gasteiger partial charge in [-0.25, -0.2) is 8.78 Å². The molecule has 0 aromatic heterocycles. The largest absolute Gasteiger partial charge is 0.391 e. The summed E-state index contributed by atoms with van der Waals surface area (Å²) in [7, 11) is -1.70. The maximum absolute atomic E-state index is 13.1. The molecule has 3 N–H and O–H groups in total. The molecule has 6 heteroatoms. The fourth-order valence-corrected chi connectivity index (χ4v) is 2.15. The molecule has 0 bridgehead atoms. The summed E-state index contributed by atoms with van der Waals surface area (Å²) in [5.74, 6) is -1.76. The Hall–Kier alpha value is -0.850. The molecule has 0 aliphatic heterocycles. The van der Waals surface area contributed by atoms with Crippen molar-refractivity contribution in [3.05, 3.63) is 29.8 Å². The molecule has 2 unspecified atom stereocenters. The number of halogens is 2. The smallest absolute Gasteiger partial charge is 0.142 e. The molecule has 15 heavy (non-hydrogen) atoms. The number of hydrogen-bond donors (Lipinski definition) is 2. The number of nitrogens with two attached hydrogens (primary N) is 1. The molecule has 0 radical (unpaired) electrons. The van der Waals surface area contributed by atoms with Gasteiger partial charge >= 0.3 is 0 Å². The highest BCUT2D eigenvalue weighted by Crippen LogP contribution is 2.14. The Balaban J connectivity index is 2.82. The van der Waals surface area contributed by atoms with Crippen molar-refractivity contribution in [2.24, 2.45) is 5.73 Å². The van der Waals surface area contributed by atoms with Crippen LogP contribution in [0.2, 0.25) is 0 Å². The molecule has 1 rings (SSSR count). The van der Waals surface area contributed by atoms with E-state index in [1.807, 2.05) is 0 Å². The van der Waals surface area contributed by atoms with E-state index in [-0.39, 0.29) is 17.2 Å². The number of aliphatic hydroxyl groups is 1. The van der Waals surface area contributed by atoms with Crippen LogP contribution >= 0.6 is 0 Å². The molecule has 1 aromatic carbocycles. The Bertz CT molecular complexity index is 373. The highest BCUT2D eigenvalue weighted by Gasteiger charge is 2.14. The van der Waals surface area contributed by atoms with E-state index in [1.165, 1.54) is 0 Å². The summed E-state index contributed by atoms with van der Waals surface area (Å²) in [5, 5.41) is 9.12. The van der Waals surface area contributed by atoms with Crippen LogP contribution in [0.5, 0.6) is 0 Å². The van der Waals surface area contributed by atoms with Crippen molar-refractivity contribution in [2.45, 2.75) is 11.0 Å². The summed E-state index contributed by atoms with van der Waals surface area (Å²) in [6, 6.07) is 2.78. The lowest BCUT2D eigenvalue weighted by atomic mass is 10.3. The summed E-state index contributed by atoms with van der Waals surface area (Å²) in [5.41, 5.74) is 5.12. The van der Waals surface area contributed by atoms with Gasteiger partial charge in [0.2, 0.25) is 0 Å². The first-order valence-electron chi connectivity index (χ1n) is 4.26. The van der Waals surface area contributed by atoms with Crippen molar-refractivity contribution < 1.29 is 18.1 Å². The molecule has 0 aliphatic rings. The van der Waals surface area contributed by atoms with Gasteiger partial charge in [0, 0.05) is 12.6 Å². The van der Waals surface area contributed by atoms with Crippen molar-refractivity contribution >= 4 is 10.8 Å². The first-order chi connectivity index (χ1) is 7.04. The van der Waals surface area contributed by atoms with Gasteiger partial charge in [0.25, 0.3) is 0 Å². The number of aliphatic hydroxyl groups excluding tert-OH is 1. The molecule has 0 amide bonds. The second-order valence-electron chi connectivity index (χ2n) is 2.98. The van der Waals surface area contributed by atoms with Crippen LogP contribution in [0, 0.1) is 11.6 Å². The highest BCUT2D eigenvalue weighted by molar-refractivity contribution is 7.85. The van der Waals surface area contributed by atoms with Gasteiger partial charge in [-0.3, -0.25) is 4.21 Å². The second kappa shape index (κ2) is 5.29. The van der Waals surface area contributed by atoms with Crippen LogP contribution in [-0.2, 0) is 10.8 Å². The molecular weight excluding hydrogens is 224 g/mol. The van der Waals surface area contributed by atoms with E-state index in [4.69, 9.17) is 10.8 Å². The van der Waals surface area contributed by atoms with E-state index in [9.17, 15) is 13.0 Å². The van der Waals surface area contributed by atoms with E-state index < -0.39 is 28.5 Å². The van der Waals surface area contributed by atoms with Crippen LogP contribution in [0.25, 0.3) is 0 Å². The Morgan fingerprint density at radius 2 is 2.13 bits per heavy atom. The fraction of sp³-hybridized carbons (Fsp3) is 0.333. The van der Waals surface area contributed by atoms with Crippen LogP contribution in [0.15, 0.2) is 23.1 Å². The summed E-state index contributed by atoms with van der Waals surface area (Å²) in [6.45, 7) is -0.0471. The summed E-state index contributed by atoms with van der Waals surface area (Å²) in [6.07, 6.45) is -0.949. The van der Waals surface area contributed by atoms with Gasteiger partial charge in [0.15, 0.2) is 0 Å². The molecule has 3 nitrogen and oxygen atoms in total. The van der Waals surface area contributed by atoms with Gasteiger partial charge in [0.05, 0.1) is 27.6 Å². The fourth-order valence-electron chi connectivity index (χ4n) is 0.992. The number of hydrogen-bond acceptors (Lipinski definition) is 3. The molecule has 0 spiro atoms. The summed E-state index contributed by atoms with van der Waals surface area (Å²) in [4.78, 5) is -0.121. The van der Waals surface area contributed by atoms with Crippen molar-refractivity contribution in [3.8, 4) is 0 Å². The molecule has 0 fully saturated rings. The van der Waals surface area contributed by atoms with Gasteiger partial charge in [-0.2, -0.15) is 0 Å². The van der Waals surface area contributed by atoms with Crippen LogP contribution < -0.4 is 5.73 Å². The lowest BCUT2D eigenvalue weighted by Gasteiger charge is -2.07. The Morgan fingerprint density at radius 3 is 2.67 bits per heavy atom. The molecule has 84 valence electrons. The van der Waals surface area contributed by atoms with Crippen molar-refractivity contribution in [1.82, 2.24) is 0 Å². The number of benzene rings is 1. The normalized spacial score (nSPS) is 14.9. The van der Waals surface area contributed by atoms with Gasteiger partial charge in [-0.15, -0.1) is 0 Å². The Morgan fingerprint density at radius 1 is 1.47 bits per heavy atom. The SMILES string of the molecule is NCC(O)CS(=O)c1ccc(F)cc1F. The molecule has 1 aromatic rings. The zero-order valence-electron chi connectivity index (χ0n) is 7.82. The third kappa shape index (κ3) is 3.33. The summed E-state index contributed by atoms with van der Waals surface area (Å²) < 4.78 is 37.1. The van der Waals surface area contributed by atoms with Crippen LogP contribution in [0.3, 0.4) is 0 Å². The van der Waals surface area contributed by atoms with Crippen LogP contribution in [0.1, 0.15) is 0 Å². The van der Waals surface area contributed by atoms with E-state index in [1.54, 1.807) is 0 Å². The van der Waals surface area contributed by atoms with Gasteiger partial charge in [0.1, 0.15) is 11.6 Å². The standard InChI is InChI=1S/C9H11F2NO2S/c10-6-1-2-9(8(11)3-6)15(14)5-7(13)4-12/h1-3,7,13H,4-5,12H2. The summed E-state index contributed by atoms with van der Waals surface area (Å²) >= 11 is 0. The highest BCUT2D eigenvalue weighted by atomic mass is 32.2. The van der Waals surface area contributed by atoms with E-state index in [0.717, 1.165) is 12.1 Å². The Kier molecular flexibility index (Phi) is 4.31. The lowest BCUT2D eigenvalue weighted by molar-refractivity contribution is 0.207. The monoisotopic (exact) mass is 235 g/mol. The molecule has 2 atom stereocenters. The van der Waals surface area contributed by atoms with Crippen molar-refractivity contribution in [2.75, 3.05) is 12.3 Å². The topological polar surface area (TPSA) is 63.3 Å². The Labute approximate surface area is 88.4 Å². The average molecular weight is 235 g/mol. The second-order valence-corrected chi connectivity index (χ2v) is 4.44. The number of rotatable bonds is 4. The molecular formula is C9H11F2NO2S. The zero-order valence-corrected chi connectivity index (χ0v) is 8.64.